The summed E-state index contributed by atoms with van der Waals surface area (Å²) in [5.74, 6) is -0.114. The molecule has 6 nitrogen and oxygen atoms in total. The van der Waals surface area contributed by atoms with Crippen molar-refractivity contribution in [3.8, 4) is 0 Å². The van der Waals surface area contributed by atoms with Gasteiger partial charge >= 0.3 is 0 Å². The van der Waals surface area contributed by atoms with Crippen molar-refractivity contribution in [2.45, 2.75) is 20.4 Å². The molecule has 3 N–H and O–H groups in total. The van der Waals surface area contributed by atoms with Crippen molar-refractivity contribution in [2.24, 2.45) is 4.99 Å². The number of anilines is 1. The molecule has 0 aliphatic carbocycles. The van der Waals surface area contributed by atoms with Crippen LogP contribution in [0.25, 0.3) is 0 Å². The fraction of sp³-hybridized carbons (Fsp3) is 0.316. The average Bonchev–Trinajstić information content (AvgIpc) is 2.62. The highest BCUT2D eigenvalue weighted by Gasteiger charge is 2.12. The van der Waals surface area contributed by atoms with Gasteiger partial charge in [0, 0.05) is 20.1 Å². The summed E-state index contributed by atoms with van der Waals surface area (Å²) in [6.07, 6.45) is 0. The van der Waals surface area contributed by atoms with Gasteiger partial charge in [-0.2, -0.15) is 0 Å². The Labute approximate surface area is 183 Å². The first-order chi connectivity index (χ1) is 12.8. The molecule has 154 valence electrons. The lowest BCUT2D eigenvalue weighted by molar-refractivity contribution is 0.599. The minimum Gasteiger partial charge on any atom is -0.355 e. The van der Waals surface area contributed by atoms with Crippen molar-refractivity contribution in [3.05, 3.63) is 65.0 Å². The molecule has 28 heavy (non-hydrogen) atoms. The van der Waals surface area contributed by atoms with Crippen LogP contribution >= 0.6 is 24.0 Å². The number of hydrogen-bond donors (Lipinski definition) is 3. The molecule has 0 aliphatic rings. The number of hydrogen-bond acceptors (Lipinski definition) is 3. The molecule has 0 atom stereocenters. The van der Waals surface area contributed by atoms with Crippen molar-refractivity contribution in [3.63, 3.8) is 0 Å². The molecule has 0 amide bonds. The van der Waals surface area contributed by atoms with Crippen molar-refractivity contribution in [2.75, 3.05) is 24.1 Å². The maximum absolute atomic E-state index is 13.5. The molecule has 0 unspecified atom stereocenters. The molecule has 0 bridgehead atoms. The van der Waals surface area contributed by atoms with Crippen molar-refractivity contribution in [1.82, 2.24) is 10.6 Å². The molecule has 0 aliphatic heterocycles. The van der Waals surface area contributed by atoms with E-state index in [-0.39, 0.29) is 42.0 Å². The SMILES string of the molecule is CN=C(NCCS(=O)(=O)Nc1ccc(C)c(F)c1)NCc1ccccc1C.I. The summed E-state index contributed by atoms with van der Waals surface area (Å²) in [6.45, 7) is 4.39. The van der Waals surface area contributed by atoms with Gasteiger partial charge in [0.05, 0.1) is 11.4 Å². The zero-order chi connectivity index (χ0) is 19.9. The molecule has 0 spiro atoms. The molecule has 0 fully saturated rings. The largest absolute Gasteiger partial charge is 0.355 e. The molecule has 2 aromatic rings. The van der Waals surface area contributed by atoms with E-state index in [0.29, 0.717) is 18.1 Å². The number of nitrogens with one attached hydrogen (secondary N) is 3. The normalized spacial score (nSPS) is 11.5. The van der Waals surface area contributed by atoms with Gasteiger partial charge in [-0.15, -0.1) is 24.0 Å². The molecule has 0 heterocycles. The summed E-state index contributed by atoms with van der Waals surface area (Å²) in [5.41, 5.74) is 2.97. The molecular formula is C19H26FIN4O2S. The van der Waals surface area contributed by atoms with Crippen LogP contribution in [0.2, 0.25) is 0 Å². The zero-order valence-corrected chi connectivity index (χ0v) is 19.3. The van der Waals surface area contributed by atoms with Crippen LogP contribution in [-0.2, 0) is 16.6 Å². The molecule has 2 rings (SSSR count). The number of aryl methyl sites for hydroxylation is 2. The van der Waals surface area contributed by atoms with Gasteiger partial charge in [0.25, 0.3) is 0 Å². The number of halogens is 2. The number of nitrogens with zero attached hydrogens (tertiary/aromatic N) is 1. The fourth-order valence-corrected chi connectivity index (χ4v) is 3.36. The third-order valence-corrected chi connectivity index (χ3v) is 5.33. The summed E-state index contributed by atoms with van der Waals surface area (Å²) in [6, 6.07) is 12.2. The highest BCUT2D eigenvalue weighted by Crippen LogP contribution is 2.14. The van der Waals surface area contributed by atoms with Crippen molar-refractivity contribution >= 4 is 45.6 Å². The maximum Gasteiger partial charge on any atom is 0.234 e. The van der Waals surface area contributed by atoms with Crippen LogP contribution in [0.3, 0.4) is 0 Å². The Balaban J connectivity index is 0.00000392. The van der Waals surface area contributed by atoms with E-state index < -0.39 is 15.8 Å². The van der Waals surface area contributed by atoms with E-state index in [1.807, 2.05) is 31.2 Å². The minimum atomic E-state index is -3.60. The van der Waals surface area contributed by atoms with Gasteiger partial charge in [-0.3, -0.25) is 9.71 Å². The van der Waals surface area contributed by atoms with Gasteiger partial charge in [0.1, 0.15) is 5.82 Å². The number of benzene rings is 2. The number of sulfonamides is 1. The van der Waals surface area contributed by atoms with Gasteiger partial charge in [-0.25, -0.2) is 12.8 Å². The topological polar surface area (TPSA) is 82.6 Å². The van der Waals surface area contributed by atoms with Gasteiger partial charge in [-0.05, 0) is 42.7 Å². The summed E-state index contributed by atoms with van der Waals surface area (Å²) < 4.78 is 40.2. The van der Waals surface area contributed by atoms with Crippen LogP contribution in [0.15, 0.2) is 47.5 Å². The number of aliphatic imine (C=N–C) groups is 1. The maximum atomic E-state index is 13.5. The number of guanidine groups is 1. The molecule has 2 aromatic carbocycles. The molecule has 0 aromatic heterocycles. The zero-order valence-electron chi connectivity index (χ0n) is 16.1. The van der Waals surface area contributed by atoms with E-state index in [4.69, 9.17) is 0 Å². The van der Waals surface area contributed by atoms with Gasteiger partial charge in [0.2, 0.25) is 10.0 Å². The van der Waals surface area contributed by atoms with E-state index in [1.165, 1.54) is 18.2 Å². The van der Waals surface area contributed by atoms with Gasteiger partial charge in [0.15, 0.2) is 5.96 Å². The van der Waals surface area contributed by atoms with Crippen LogP contribution in [0.4, 0.5) is 10.1 Å². The molecular weight excluding hydrogens is 494 g/mol. The third-order valence-electron chi connectivity index (χ3n) is 4.04. The number of rotatable bonds is 7. The molecule has 9 heteroatoms. The van der Waals surface area contributed by atoms with E-state index in [9.17, 15) is 12.8 Å². The minimum absolute atomic E-state index is 0. The van der Waals surface area contributed by atoms with E-state index in [2.05, 4.69) is 20.3 Å². The van der Waals surface area contributed by atoms with Gasteiger partial charge < -0.3 is 10.6 Å². The standard InChI is InChI=1S/C19H25FN4O2S.HI/c1-14-6-4-5-7-16(14)13-23-19(21-3)22-10-11-27(25,26)24-17-9-8-15(2)18(20)12-17;/h4-9,12,24H,10-11,13H2,1-3H3,(H2,21,22,23);1H. The van der Waals surface area contributed by atoms with Gasteiger partial charge in [-0.1, -0.05) is 30.3 Å². The smallest absolute Gasteiger partial charge is 0.234 e. The third kappa shape index (κ3) is 7.63. The summed E-state index contributed by atoms with van der Waals surface area (Å²) in [7, 11) is -1.98. The second kappa shape index (κ2) is 11.2. The monoisotopic (exact) mass is 520 g/mol. The summed E-state index contributed by atoms with van der Waals surface area (Å²) in [4.78, 5) is 4.09. The Kier molecular flexibility index (Phi) is 9.66. The second-order valence-electron chi connectivity index (χ2n) is 6.16. The lowest BCUT2D eigenvalue weighted by Gasteiger charge is -2.14. The van der Waals surface area contributed by atoms with E-state index in [1.54, 1.807) is 14.0 Å². The second-order valence-corrected chi connectivity index (χ2v) is 8.01. The first-order valence-electron chi connectivity index (χ1n) is 8.56. The summed E-state index contributed by atoms with van der Waals surface area (Å²) in [5, 5.41) is 6.12. The predicted molar refractivity (Wildman–Crippen MR) is 123 cm³/mol. The van der Waals surface area contributed by atoms with Crippen LogP contribution in [0.5, 0.6) is 0 Å². The lowest BCUT2D eigenvalue weighted by Crippen LogP contribution is -2.39. The van der Waals surface area contributed by atoms with E-state index >= 15 is 0 Å². The van der Waals surface area contributed by atoms with Crippen LogP contribution in [-0.4, -0.2) is 33.7 Å². The Morgan fingerprint density at radius 1 is 1.07 bits per heavy atom. The summed E-state index contributed by atoms with van der Waals surface area (Å²) >= 11 is 0. The highest BCUT2D eigenvalue weighted by molar-refractivity contribution is 14.0. The molecule has 0 saturated carbocycles. The van der Waals surface area contributed by atoms with Crippen LogP contribution in [0, 0.1) is 19.7 Å². The first-order valence-corrected chi connectivity index (χ1v) is 10.2. The Hall–Kier alpha value is -1.88. The Morgan fingerprint density at radius 3 is 2.43 bits per heavy atom. The highest BCUT2D eigenvalue weighted by atomic mass is 127. The first kappa shape index (κ1) is 24.2. The Bertz CT molecular complexity index is 920. The quantitative estimate of drug-likeness (QED) is 0.298. The predicted octanol–water partition coefficient (Wildman–Crippen LogP) is 3.17. The van der Waals surface area contributed by atoms with Crippen molar-refractivity contribution in [1.29, 1.82) is 0 Å². The molecule has 0 saturated heterocycles. The van der Waals surface area contributed by atoms with E-state index in [0.717, 1.165) is 11.1 Å². The average molecular weight is 520 g/mol. The lowest BCUT2D eigenvalue weighted by atomic mass is 10.1. The Morgan fingerprint density at radius 2 is 1.79 bits per heavy atom. The molecule has 0 radical (unpaired) electrons. The van der Waals surface area contributed by atoms with Crippen molar-refractivity contribution < 1.29 is 12.8 Å². The van der Waals surface area contributed by atoms with Crippen LogP contribution < -0.4 is 15.4 Å². The fourth-order valence-electron chi connectivity index (χ4n) is 2.40. The van der Waals surface area contributed by atoms with Crippen LogP contribution in [0.1, 0.15) is 16.7 Å².